The van der Waals surface area contributed by atoms with E-state index >= 15 is 0 Å². The highest BCUT2D eigenvalue weighted by molar-refractivity contribution is 6.76. The fourth-order valence-corrected chi connectivity index (χ4v) is 9.29. The lowest BCUT2D eigenvalue weighted by atomic mass is 10.0. The highest BCUT2D eigenvalue weighted by atomic mass is 28.4. The zero-order chi connectivity index (χ0) is 24.6. The Morgan fingerprint density at radius 1 is 0.412 bits per heavy atom. The van der Waals surface area contributed by atoms with Crippen molar-refractivity contribution in [3.63, 3.8) is 0 Å². The van der Waals surface area contributed by atoms with Crippen molar-refractivity contribution in [2.75, 3.05) is 39.6 Å². The molecular weight excluding hydrogens is 464 g/mol. The molecule has 0 spiro atoms. The van der Waals surface area contributed by atoms with Crippen LogP contribution >= 0.6 is 0 Å². The minimum absolute atomic E-state index is 0.538. The minimum Gasteiger partial charge on any atom is -0.370 e. The Labute approximate surface area is 205 Å². The second kappa shape index (κ2) is 12.4. The van der Waals surface area contributed by atoms with Crippen molar-refractivity contribution in [1.82, 2.24) is 0 Å². The highest BCUT2D eigenvalue weighted by Gasteiger charge is 2.44. The number of benzene rings is 3. The topological polar surface area (TPSA) is 55.4 Å². The van der Waals surface area contributed by atoms with Gasteiger partial charge in [-0.2, -0.15) is 0 Å². The summed E-state index contributed by atoms with van der Waals surface area (Å²) in [4.78, 5) is 0. The Kier molecular flexibility index (Phi) is 9.81. The molecule has 0 aliphatic carbocycles. The average Bonchev–Trinajstić information content (AvgIpc) is 2.83. The zero-order valence-corrected chi connectivity index (χ0v) is 23.3. The van der Waals surface area contributed by atoms with E-state index in [9.17, 15) is 0 Å². The molecule has 6 nitrogen and oxygen atoms in total. The summed E-state index contributed by atoms with van der Waals surface area (Å²) in [5.74, 6) is 0. The first-order valence-electron chi connectivity index (χ1n) is 12.3. The quantitative estimate of drug-likeness (QED) is 0.239. The van der Waals surface area contributed by atoms with E-state index in [0.29, 0.717) is 39.6 Å². The third-order valence-electron chi connectivity index (χ3n) is 5.51. The Balaban J connectivity index is 2.10. The molecule has 0 radical (unpaired) electrons. The second-order valence-corrected chi connectivity index (χ2v) is 12.8. The van der Waals surface area contributed by atoms with E-state index in [2.05, 4.69) is 48.5 Å². The maximum absolute atomic E-state index is 6.11. The van der Waals surface area contributed by atoms with E-state index in [4.69, 9.17) is 26.6 Å². The first-order chi connectivity index (χ1) is 16.5. The fraction of sp³-hybridized carbons (Fsp3) is 0.462. The zero-order valence-electron chi connectivity index (χ0n) is 21.3. The van der Waals surface area contributed by atoms with Crippen molar-refractivity contribution in [2.24, 2.45) is 0 Å². The maximum Gasteiger partial charge on any atom is 0.537 e. The molecule has 0 heterocycles. The van der Waals surface area contributed by atoms with E-state index in [-0.39, 0.29) is 0 Å². The van der Waals surface area contributed by atoms with E-state index in [1.165, 1.54) is 0 Å². The van der Waals surface area contributed by atoms with Crippen LogP contribution in [-0.4, -0.2) is 57.3 Å². The summed E-state index contributed by atoms with van der Waals surface area (Å²) >= 11 is 0. The van der Waals surface area contributed by atoms with Gasteiger partial charge in [-0.1, -0.05) is 24.3 Å². The number of hydrogen-bond acceptors (Lipinski definition) is 6. The van der Waals surface area contributed by atoms with Gasteiger partial charge in [-0.25, -0.2) is 0 Å². The largest absolute Gasteiger partial charge is 0.537 e. The lowest BCUT2D eigenvalue weighted by Crippen LogP contribution is -2.57. The number of rotatable bonds is 14. The lowest BCUT2D eigenvalue weighted by molar-refractivity contribution is 0.0852. The molecule has 0 amide bonds. The summed E-state index contributed by atoms with van der Waals surface area (Å²) in [6.45, 7) is 15.1. The Morgan fingerprint density at radius 3 is 0.971 bits per heavy atom. The molecular formula is C26H38O6Si2. The first-order valence-corrected chi connectivity index (χ1v) is 15.8. The molecule has 3 rings (SSSR count). The minimum atomic E-state index is -2.96. The van der Waals surface area contributed by atoms with Crippen LogP contribution in [-0.2, 0) is 26.6 Å². The molecule has 8 heteroatoms. The van der Waals surface area contributed by atoms with Crippen LogP contribution in [0.25, 0.3) is 21.5 Å². The molecule has 0 atom stereocenters. The Bertz CT molecular complexity index is 954. The van der Waals surface area contributed by atoms with Crippen LogP contribution in [0.3, 0.4) is 0 Å². The van der Waals surface area contributed by atoms with Gasteiger partial charge in [0, 0.05) is 50.0 Å². The molecule has 0 unspecified atom stereocenters. The van der Waals surface area contributed by atoms with Crippen molar-refractivity contribution < 1.29 is 26.6 Å². The van der Waals surface area contributed by atoms with Gasteiger partial charge >= 0.3 is 17.6 Å². The highest BCUT2D eigenvalue weighted by Crippen LogP contribution is 2.24. The SMILES string of the molecule is CCO[Si](OCC)(OCC)c1ccc2cc3cc([Si](OCC)(OCC)OCC)ccc3cc2c1. The molecule has 34 heavy (non-hydrogen) atoms. The van der Waals surface area contributed by atoms with Gasteiger partial charge in [-0.05, 0) is 87.4 Å². The molecule has 0 saturated heterocycles. The normalized spacial score (nSPS) is 12.6. The Hall–Kier alpha value is -1.63. The van der Waals surface area contributed by atoms with Crippen LogP contribution in [0.4, 0.5) is 0 Å². The van der Waals surface area contributed by atoms with Crippen molar-refractivity contribution in [2.45, 2.75) is 41.5 Å². The van der Waals surface area contributed by atoms with Gasteiger partial charge in [0.1, 0.15) is 0 Å². The van der Waals surface area contributed by atoms with E-state index in [1.807, 2.05) is 41.5 Å². The van der Waals surface area contributed by atoms with Crippen LogP contribution < -0.4 is 10.4 Å². The van der Waals surface area contributed by atoms with Gasteiger partial charge in [0.25, 0.3) is 0 Å². The third-order valence-corrected chi connectivity index (χ3v) is 11.6. The van der Waals surface area contributed by atoms with Gasteiger partial charge in [0.2, 0.25) is 0 Å². The predicted molar refractivity (Wildman–Crippen MR) is 142 cm³/mol. The molecule has 0 saturated carbocycles. The van der Waals surface area contributed by atoms with E-state index in [0.717, 1.165) is 31.9 Å². The van der Waals surface area contributed by atoms with Crippen LogP contribution in [0.1, 0.15) is 41.5 Å². The van der Waals surface area contributed by atoms with E-state index < -0.39 is 17.6 Å². The summed E-state index contributed by atoms with van der Waals surface area (Å²) < 4.78 is 36.7. The molecule has 0 N–H and O–H groups in total. The maximum atomic E-state index is 6.11. The van der Waals surface area contributed by atoms with Crippen molar-refractivity contribution in [3.8, 4) is 0 Å². The Morgan fingerprint density at radius 2 is 0.706 bits per heavy atom. The van der Waals surface area contributed by atoms with E-state index in [1.54, 1.807) is 0 Å². The number of hydrogen-bond donors (Lipinski definition) is 0. The fourth-order valence-electron chi connectivity index (χ4n) is 4.27. The van der Waals surface area contributed by atoms with Gasteiger partial charge in [0.15, 0.2) is 0 Å². The van der Waals surface area contributed by atoms with Crippen molar-refractivity contribution >= 4 is 49.5 Å². The molecule has 3 aromatic rings. The van der Waals surface area contributed by atoms with Gasteiger partial charge in [-0.3, -0.25) is 0 Å². The summed E-state index contributed by atoms with van der Waals surface area (Å²) in [5, 5.41) is 6.48. The molecule has 0 bridgehead atoms. The lowest BCUT2D eigenvalue weighted by Gasteiger charge is -2.29. The molecule has 3 aromatic carbocycles. The summed E-state index contributed by atoms with van der Waals surface area (Å²) in [6, 6.07) is 17.1. The first kappa shape index (κ1) is 27.0. The average molecular weight is 503 g/mol. The molecule has 0 aliphatic rings. The third kappa shape index (κ3) is 5.61. The van der Waals surface area contributed by atoms with Crippen molar-refractivity contribution in [3.05, 3.63) is 48.5 Å². The van der Waals surface area contributed by atoms with Gasteiger partial charge < -0.3 is 26.6 Å². The summed E-state index contributed by atoms with van der Waals surface area (Å²) in [5.41, 5.74) is 0. The molecule has 0 aromatic heterocycles. The summed E-state index contributed by atoms with van der Waals surface area (Å²) in [6.07, 6.45) is 0. The molecule has 0 fully saturated rings. The van der Waals surface area contributed by atoms with Crippen LogP contribution in [0.2, 0.25) is 0 Å². The second-order valence-electron chi connectivity index (χ2n) is 7.69. The number of fused-ring (bicyclic) bond motifs is 2. The van der Waals surface area contributed by atoms with Crippen LogP contribution in [0, 0.1) is 0 Å². The molecule has 0 aliphatic heterocycles. The standard InChI is InChI=1S/C26H38O6Si2/c1-7-27-33(28-8-2,29-9-3)25-15-13-21-18-24-20-26(16-14-22(24)17-23(21)19-25)34(30-10-4,31-11-5)32-12-6/h13-20H,7-12H2,1-6H3. The van der Waals surface area contributed by atoms with Crippen molar-refractivity contribution in [1.29, 1.82) is 0 Å². The van der Waals surface area contributed by atoms with Crippen LogP contribution in [0.15, 0.2) is 48.5 Å². The van der Waals surface area contributed by atoms with Gasteiger partial charge in [-0.15, -0.1) is 0 Å². The van der Waals surface area contributed by atoms with Gasteiger partial charge in [0.05, 0.1) is 0 Å². The van der Waals surface area contributed by atoms with Crippen LogP contribution in [0.5, 0.6) is 0 Å². The smallest absolute Gasteiger partial charge is 0.370 e. The summed E-state index contributed by atoms with van der Waals surface area (Å²) in [7, 11) is -5.92. The predicted octanol–water partition coefficient (Wildman–Crippen LogP) is 4.50. The monoisotopic (exact) mass is 502 g/mol. The molecule has 186 valence electrons.